The molecule has 0 N–H and O–H groups in total. The van der Waals surface area contributed by atoms with Crippen molar-refractivity contribution in [3.05, 3.63) is 57.8 Å². The number of hydrogen-bond acceptors (Lipinski definition) is 6. The Hall–Kier alpha value is -2.67. The third-order valence-corrected chi connectivity index (χ3v) is 5.13. The highest BCUT2D eigenvalue weighted by atomic mass is 32.1. The van der Waals surface area contributed by atoms with Crippen molar-refractivity contribution in [3.8, 4) is 0 Å². The van der Waals surface area contributed by atoms with Crippen molar-refractivity contribution >= 4 is 29.2 Å². The SMILES string of the molecule is COC(=O)c1ccc(COC(=O)C2CCCN2C(=O)c2cccs2)cc1. The number of ether oxygens (including phenoxy) is 2. The molecule has 1 fully saturated rings. The zero-order valence-electron chi connectivity index (χ0n) is 14.3. The van der Waals surface area contributed by atoms with Crippen molar-refractivity contribution in [1.82, 2.24) is 4.90 Å². The molecule has 1 atom stereocenters. The molecule has 1 aromatic heterocycles. The van der Waals surface area contributed by atoms with E-state index in [-0.39, 0.29) is 12.5 Å². The average molecular weight is 373 g/mol. The van der Waals surface area contributed by atoms with E-state index in [4.69, 9.17) is 4.74 Å². The van der Waals surface area contributed by atoms with Gasteiger partial charge in [-0.05, 0) is 42.0 Å². The van der Waals surface area contributed by atoms with Gasteiger partial charge in [-0.15, -0.1) is 11.3 Å². The van der Waals surface area contributed by atoms with Crippen molar-refractivity contribution < 1.29 is 23.9 Å². The first-order valence-electron chi connectivity index (χ1n) is 8.28. The highest BCUT2D eigenvalue weighted by molar-refractivity contribution is 7.12. The number of carbonyl (C=O) groups excluding carboxylic acids is 3. The zero-order valence-corrected chi connectivity index (χ0v) is 15.2. The van der Waals surface area contributed by atoms with Crippen LogP contribution in [0.5, 0.6) is 0 Å². The van der Waals surface area contributed by atoms with E-state index in [1.807, 2.05) is 11.4 Å². The lowest BCUT2D eigenvalue weighted by Gasteiger charge is -2.22. The van der Waals surface area contributed by atoms with Crippen LogP contribution in [0.25, 0.3) is 0 Å². The molecule has 0 spiro atoms. The van der Waals surface area contributed by atoms with E-state index in [0.29, 0.717) is 23.4 Å². The van der Waals surface area contributed by atoms with E-state index in [2.05, 4.69) is 4.74 Å². The van der Waals surface area contributed by atoms with E-state index in [1.54, 1.807) is 35.2 Å². The molecule has 2 heterocycles. The molecule has 0 saturated carbocycles. The number of hydrogen-bond donors (Lipinski definition) is 0. The van der Waals surface area contributed by atoms with E-state index in [9.17, 15) is 14.4 Å². The van der Waals surface area contributed by atoms with Gasteiger partial charge < -0.3 is 14.4 Å². The number of thiophene rings is 1. The molecule has 26 heavy (non-hydrogen) atoms. The molecule has 6 nitrogen and oxygen atoms in total. The minimum Gasteiger partial charge on any atom is -0.465 e. The maximum absolute atomic E-state index is 12.5. The maximum Gasteiger partial charge on any atom is 0.337 e. The molecule has 7 heteroatoms. The van der Waals surface area contributed by atoms with Gasteiger partial charge >= 0.3 is 11.9 Å². The average Bonchev–Trinajstić information content (AvgIpc) is 3.37. The fourth-order valence-electron chi connectivity index (χ4n) is 2.90. The molecule has 0 radical (unpaired) electrons. The first kappa shape index (κ1) is 18.1. The van der Waals surface area contributed by atoms with Crippen LogP contribution in [0.3, 0.4) is 0 Å². The molecule has 0 bridgehead atoms. The molecule has 136 valence electrons. The van der Waals surface area contributed by atoms with Crippen LogP contribution in [0.15, 0.2) is 41.8 Å². The second kappa shape index (κ2) is 8.14. The van der Waals surface area contributed by atoms with Crippen molar-refractivity contribution in [3.63, 3.8) is 0 Å². The van der Waals surface area contributed by atoms with Crippen LogP contribution >= 0.6 is 11.3 Å². The van der Waals surface area contributed by atoms with Crippen molar-refractivity contribution in [2.45, 2.75) is 25.5 Å². The number of methoxy groups -OCH3 is 1. The Balaban J connectivity index is 1.59. The Morgan fingerprint density at radius 2 is 1.96 bits per heavy atom. The number of carbonyl (C=O) groups is 3. The summed E-state index contributed by atoms with van der Waals surface area (Å²) in [6, 6.07) is 9.70. The molecule has 1 aromatic carbocycles. The molecule has 3 rings (SSSR count). The van der Waals surface area contributed by atoms with Crippen LogP contribution in [-0.2, 0) is 20.9 Å². The lowest BCUT2D eigenvalue weighted by Crippen LogP contribution is -2.41. The molecular weight excluding hydrogens is 354 g/mol. The zero-order chi connectivity index (χ0) is 18.5. The number of esters is 2. The molecule has 2 aromatic rings. The van der Waals surface area contributed by atoms with Crippen LogP contribution in [0.2, 0.25) is 0 Å². The standard InChI is InChI=1S/C19H19NO5S/c1-24-18(22)14-8-6-13(7-9-14)12-25-19(23)15-4-2-10-20(15)17(21)16-5-3-11-26-16/h3,5-9,11,15H,2,4,10,12H2,1H3. The third kappa shape index (κ3) is 3.94. The Kier molecular flexibility index (Phi) is 5.68. The molecule has 1 aliphatic heterocycles. The Labute approximate surface area is 155 Å². The van der Waals surface area contributed by atoms with Crippen molar-refractivity contribution in [1.29, 1.82) is 0 Å². The smallest absolute Gasteiger partial charge is 0.337 e. The lowest BCUT2D eigenvalue weighted by atomic mass is 10.1. The molecule has 1 unspecified atom stereocenters. The van der Waals surface area contributed by atoms with Gasteiger partial charge in [-0.25, -0.2) is 9.59 Å². The van der Waals surface area contributed by atoms with Gasteiger partial charge in [-0.1, -0.05) is 18.2 Å². The maximum atomic E-state index is 12.5. The highest BCUT2D eigenvalue weighted by Crippen LogP contribution is 2.23. The summed E-state index contributed by atoms with van der Waals surface area (Å²) in [6.07, 6.45) is 1.39. The number of rotatable bonds is 5. The molecule has 1 saturated heterocycles. The molecule has 1 amide bonds. The fraction of sp³-hybridized carbons (Fsp3) is 0.316. The van der Waals surface area contributed by atoms with Gasteiger partial charge in [0.05, 0.1) is 17.6 Å². The van der Waals surface area contributed by atoms with E-state index < -0.39 is 18.0 Å². The predicted octanol–water partition coefficient (Wildman–Crippen LogP) is 2.88. The number of nitrogens with zero attached hydrogens (tertiary/aromatic N) is 1. The van der Waals surface area contributed by atoms with Gasteiger partial charge in [0.2, 0.25) is 0 Å². The Morgan fingerprint density at radius 1 is 1.19 bits per heavy atom. The minimum atomic E-state index is -0.543. The fourth-order valence-corrected chi connectivity index (χ4v) is 3.58. The first-order chi connectivity index (χ1) is 12.6. The number of likely N-dealkylation sites (tertiary alicyclic amines) is 1. The number of benzene rings is 1. The van der Waals surface area contributed by atoms with Gasteiger partial charge in [-0.2, -0.15) is 0 Å². The largest absolute Gasteiger partial charge is 0.465 e. The second-order valence-corrected chi connectivity index (χ2v) is 6.88. The summed E-state index contributed by atoms with van der Waals surface area (Å²) in [7, 11) is 1.32. The summed E-state index contributed by atoms with van der Waals surface area (Å²) in [6.45, 7) is 0.655. The van der Waals surface area contributed by atoms with Crippen LogP contribution in [0.1, 0.15) is 38.4 Å². The third-order valence-electron chi connectivity index (χ3n) is 4.27. The van der Waals surface area contributed by atoms with Crippen LogP contribution in [0.4, 0.5) is 0 Å². The van der Waals surface area contributed by atoms with Gasteiger partial charge in [0.1, 0.15) is 12.6 Å². The summed E-state index contributed by atoms with van der Waals surface area (Å²) in [5.74, 6) is -0.937. The molecule has 1 aliphatic rings. The topological polar surface area (TPSA) is 72.9 Å². The molecular formula is C19H19NO5S. The van der Waals surface area contributed by atoms with Gasteiger partial charge in [-0.3, -0.25) is 4.79 Å². The monoisotopic (exact) mass is 373 g/mol. The van der Waals surface area contributed by atoms with Gasteiger partial charge in [0.15, 0.2) is 0 Å². The summed E-state index contributed by atoms with van der Waals surface area (Å²) in [5.41, 5.74) is 1.20. The van der Waals surface area contributed by atoms with Crippen molar-refractivity contribution in [2.24, 2.45) is 0 Å². The van der Waals surface area contributed by atoms with E-state index in [0.717, 1.165) is 12.0 Å². The highest BCUT2D eigenvalue weighted by Gasteiger charge is 2.35. The van der Waals surface area contributed by atoms with Gasteiger partial charge in [0.25, 0.3) is 5.91 Å². The van der Waals surface area contributed by atoms with Gasteiger partial charge in [0, 0.05) is 6.54 Å². The summed E-state index contributed by atoms with van der Waals surface area (Å²) >= 11 is 1.37. The van der Waals surface area contributed by atoms with Crippen LogP contribution in [-0.4, -0.2) is 42.4 Å². The summed E-state index contributed by atoms with van der Waals surface area (Å²) in [5, 5.41) is 1.84. The predicted molar refractivity (Wildman–Crippen MR) is 96.0 cm³/mol. The van der Waals surface area contributed by atoms with Crippen LogP contribution < -0.4 is 0 Å². The Bertz CT molecular complexity index is 785. The second-order valence-electron chi connectivity index (χ2n) is 5.93. The molecule has 0 aliphatic carbocycles. The first-order valence-corrected chi connectivity index (χ1v) is 9.16. The quantitative estimate of drug-likeness (QED) is 0.754. The summed E-state index contributed by atoms with van der Waals surface area (Å²) < 4.78 is 10.0. The van der Waals surface area contributed by atoms with Crippen LogP contribution in [0, 0.1) is 0 Å². The summed E-state index contributed by atoms with van der Waals surface area (Å²) in [4.78, 5) is 38.6. The van der Waals surface area contributed by atoms with Crippen molar-refractivity contribution in [2.75, 3.05) is 13.7 Å². The Morgan fingerprint density at radius 3 is 2.62 bits per heavy atom. The lowest BCUT2D eigenvalue weighted by molar-refractivity contribution is -0.149. The minimum absolute atomic E-state index is 0.0951. The van der Waals surface area contributed by atoms with E-state index in [1.165, 1.54) is 18.4 Å². The normalized spacial score (nSPS) is 16.3. The van der Waals surface area contributed by atoms with E-state index >= 15 is 0 Å². The number of amides is 1.